The van der Waals surface area contributed by atoms with Crippen LogP contribution in [0.3, 0.4) is 0 Å². The van der Waals surface area contributed by atoms with E-state index in [0.29, 0.717) is 10.9 Å². The Labute approximate surface area is 176 Å². The number of carbonyl (C=O) groups excluding carboxylic acids is 3. The van der Waals surface area contributed by atoms with Gasteiger partial charge >= 0.3 is 12.1 Å². The van der Waals surface area contributed by atoms with E-state index >= 15 is 0 Å². The molecule has 1 aliphatic rings. The lowest BCUT2D eigenvalue weighted by molar-refractivity contribution is -0.141. The van der Waals surface area contributed by atoms with E-state index in [1.807, 2.05) is 24.3 Å². The highest BCUT2D eigenvalue weighted by molar-refractivity contribution is 6.30. The maximum Gasteiger partial charge on any atom is 0.407 e. The molecule has 2 N–H and O–H groups in total. The summed E-state index contributed by atoms with van der Waals surface area (Å²) in [6, 6.07) is 7.10. The Morgan fingerprint density at radius 1 is 1.14 bits per heavy atom. The maximum absolute atomic E-state index is 12.4. The minimum atomic E-state index is -0.704. The Balaban J connectivity index is 1.83. The van der Waals surface area contributed by atoms with Gasteiger partial charge in [-0.05, 0) is 57.2 Å². The van der Waals surface area contributed by atoms with Crippen LogP contribution in [-0.2, 0) is 19.1 Å². The average molecular weight is 425 g/mol. The molecule has 0 unspecified atom stereocenters. The van der Waals surface area contributed by atoms with Crippen molar-refractivity contribution in [3.8, 4) is 0 Å². The summed E-state index contributed by atoms with van der Waals surface area (Å²) in [6.45, 7) is 5.22. The summed E-state index contributed by atoms with van der Waals surface area (Å²) in [5.41, 5.74) is 0.528. The molecule has 0 radical (unpaired) electrons. The van der Waals surface area contributed by atoms with Crippen LogP contribution in [0.1, 0.15) is 57.9 Å². The van der Waals surface area contributed by atoms with Gasteiger partial charge in [-0.2, -0.15) is 0 Å². The van der Waals surface area contributed by atoms with Crippen molar-refractivity contribution in [2.45, 2.75) is 70.1 Å². The number of benzene rings is 1. The highest BCUT2D eigenvalue weighted by Gasteiger charge is 2.32. The molecule has 1 atom stereocenters. The SMILES string of the molecule is COC(=O)C[C@H](CC(=O)NC1CC(c2ccc(Cl)cc2)C1)NC(=O)OC(C)(C)C. The number of rotatable bonds is 7. The summed E-state index contributed by atoms with van der Waals surface area (Å²) >= 11 is 5.91. The highest BCUT2D eigenvalue weighted by atomic mass is 35.5. The van der Waals surface area contributed by atoms with E-state index in [0.717, 1.165) is 12.8 Å². The molecule has 1 aromatic carbocycles. The fourth-order valence-corrected chi connectivity index (χ4v) is 3.31. The number of halogens is 1. The van der Waals surface area contributed by atoms with E-state index in [9.17, 15) is 14.4 Å². The molecule has 8 heteroatoms. The second-order valence-electron chi connectivity index (χ2n) is 8.31. The van der Waals surface area contributed by atoms with Crippen molar-refractivity contribution in [2.24, 2.45) is 0 Å². The number of nitrogens with one attached hydrogen (secondary N) is 2. The third kappa shape index (κ3) is 7.93. The summed E-state index contributed by atoms with van der Waals surface area (Å²) in [4.78, 5) is 36.0. The topological polar surface area (TPSA) is 93.7 Å². The molecule has 0 saturated heterocycles. The fraction of sp³-hybridized carbons (Fsp3) is 0.571. The summed E-state index contributed by atoms with van der Waals surface area (Å²) in [7, 11) is 1.26. The van der Waals surface area contributed by atoms with Crippen LogP contribution in [-0.4, -0.2) is 42.8 Å². The van der Waals surface area contributed by atoms with Gasteiger partial charge in [-0.1, -0.05) is 23.7 Å². The van der Waals surface area contributed by atoms with Gasteiger partial charge in [-0.25, -0.2) is 4.79 Å². The van der Waals surface area contributed by atoms with Crippen LogP contribution in [0.4, 0.5) is 4.79 Å². The molecule has 1 fully saturated rings. The van der Waals surface area contributed by atoms with Crippen LogP contribution in [0.15, 0.2) is 24.3 Å². The number of alkyl carbamates (subject to hydrolysis) is 1. The van der Waals surface area contributed by atoms with E-state index in [2.05, 4.69) is 15.4 Å². The number of carbonyl (C=O) groups is 3. The highest BCUT2D eigenvalue weighted by Crippen LogP contribution is 2.37. The second kappa shape index (κ2) is 9.96. The first-order valence-electron chi connectivity index (χ1n) is 9.67. The molecule has 0 spiro atoms. The van der Waals surface area contributed by atoms with Crippen LogP contribution in [0, 0.1) is 0 Å². The third-order valence-corrected chi connectivity index (χ3v) is 4.89. The normalized spacial score (nSPS) is 19.5. The van der Waals surface area contributed by atoms with Crippen molar-refractivity contribution in [3.63, 3.8) is 0 Å². The van der Waals surface area contributed by atoms with Gasteiger partial charge in [-0.15, -0.1) is 0 Å². The fourth-order valence-electron chi connectivity index (χ4n) is 3.19. The molecule has 0 aromatic heterocycles. The minimum Gasteiger partial charge on any atom is -0.469 e. The third-order valence-electron chi connectivity index (χ3n) is 4.64. The monoisotopic (exact) mass is 424 g/mol. The van der Waals surface area contributed by atoms with Crippen molar-refractivity contribution in [1.82, 2.24) is 10.6 Å². The quantitative estimate of drug-likeness (QED) is 0.653. The van der Waals surface area contributed by atoms with Crippen LogP contribution >= 0.6 is 11.6 Å². The number of hydrogen-bond donors (Lipinski definition) is 2. The Morgan fingerprint density at radius 2 is 1.76 bits per heavy atom. The second-order valence-corrected chi connectivity index (χ2v) is 8.75. The molecule has 1 saturated carbocycles. The Hall–Kier alpha value is -2.28. The molecular formula is C21H29ClN2O5. The summed E-state index contributed by atoms with van der Waals surface area (Å²) in [5.74, 6) is -0.344. The number of hydrogen-bond acceptors (Lipinski definition) is 5. The van der Waals surface area contributed by atoms with Gasteiger partial charge in [-0.3, -0.25) is 9.59 Å². The van der Waals surface area contributed by atoms with Crippen LogP contribution < -0.4 is 10.6 Å². The van der Waals surface area contributed by atoms with Gasteiger partial charge in [0.2, 0.25) is 5.91 Å². The maximum atomic E-state index is 12.4. The van der Waals surface area contributed by atoms with E-state index in [1.165, 1.54) is 12.7 Å². The standard InChI is InChI=1S/C21H29ClN2O5/c1-21(2,3)29-20(27)24-17(12-19(26)28-4)11-18(25)23-16-9-14(10-16)13-5-7-15(22)8-6-13/h5-8,14,16-17H,9-12H2,1-4H3,(H,23,25)(H,24,27)/t14?,16?,17-/m0/s1. The lowest BCUT2D eigenvalue weighted by Crippen LogP contribution is -2.47. The molecule has 2 rings (SSSR count). The van der Waals surface area contributed by atoms with Crippen LogP contribution in [0.2, 0.25) is 5.02 Å². The van der Waals surface area contributed by atoms with Crippen molar-refractivity contribution >= 4 is 29.6 Å². The molecule has 0 bridgehead atoms. The van der Waals surface area contributed by atoms with Crippen molar-refractivity contribution in [3.05, 3.63) is 34.9 Å². The van der Waals surface area contributed by atoms with Crippen molar-refractivity contribution in [1.29, 1.82) is 0 Å². The molecule has 7 nitrogen and oxygen atoms in total. The number of esters is 1. The predicted octanol–water partition coefficient (Wildman–Crippen LogP) is 3.55. The zero-order chi connectivity index (χ0) is 21.6. The zero-order valence-electron chi connectivity index (χ0n) is 17.3. The zero-order valence-corrected chi connectivity index (χ0v) is 18.0. The molecular weight excluding hydrogens is 396 g/mol. The predicted molar refractivity (Wildman–Crippen MR) is 110 cm³/mol. The van der Waals surface area contributed by atoms with Crippen LogP contribution in [0.5, 0.6) is 0 Å². The van der Waals surface area contributed by atoms with E-state index in [1.54, 1.807) is 20.8 Å². The van der Waals surface area contributed by atoms with Gasteiger partial charge in [0.05, 0.1) is 19.6 Å². The lowest BCUT2D eigenvalue weighted by atomic mass is 9.76. The average Bonchev–Trinajstić information content (AvgIpc) is 2.56. The first-order chi connectivity index (χ1) is 13.6. The molecule has 0 heterocycles. The molecule has 0 aliphatic heterocycles. The van der Waals surface area contributed by atoms with Crippen molar-refractivity contribution < 1.29 is 23.9 Å². The Kier molecular flexibility index (Phi) is 7.90. The number of methoxy groups -OCH3 is 1. The van der Waals surface area contributed by atoms with E-state index < -0.39 is 23.7 Å². The largest absolute Gasteiger partial charge is 0.469 e. The lowest BCUT2D eigenvalue weighted by Gasteiger charge is -2.36. The first kappa shape index (κ1) is 23.0. The van der Waals surface area contributed by atoms with Gasteiger partial charge < -0.3 is 20.1 Å². The number of amides is 2. The molecule has 1 aliphatic carbocycles. The van der Waals surface area contributed by atoms with Gasteiger partial charge in [0.15, 0.2) is 0 Å². The molecule has 2 amide bonds. The summed E-state index contributed by atoms with van der Waals surface area (Å²) in [6.07, 6.45) is 0.867. The molecule has 1 aromatic rings. The van der Waals surface area contributed by atoms with Gasteiger partial charge in [0.1, 0.15) is 5.60 Å². The summed E-state index contributed by atoms with van der Waals surface area (Å²) < 4.78 is 9.86. The van der Waals surface area contributed by atoms with Gasteiger partial charge in [0, 0.05) is 17.5 Å². The smallest absolute Gasteiger partial charge is 0.407 e. The first-order valence-corrected chi connectivity index (χ1v) is 10.0. The van der Waals surface area contributed by atoms with E-state index in [-0.39, 0.29) is 24.8 Å². The Bertz CT molecular complexity index is 724. The number of ether oxygens (including phenoxy) is 2. The molecule has 29 heavy (non-hydrogen) atoms. The Morgan fingerprint density at radius 3 is 2.31 bits per heavy atom. The summed E-state index contributed by atoms with van der Waals surface area (Å²) in [5, 5.41) is 6.25. The molecule has 160 valence electrons. The minimum absolute atomic E-state index is 0.0313. The van der Waals surface area contributed by atoms with Gasteiger partial charge in [0.25, 0.3) is 0 Å². The van der Waals surface area contributed by atoms with E-state index in [4.69, 9.17) is 16.3 Å². The van der Waals surface area contributed by atoms with Crippen molar-refractivity contribution in [2.75, 3.05) is 7.11 Å². The van der Waals surface area contributed by atoms with Crippen LogP contribution in [0.25, 0.3) is 0 Å².